The molecule has 2 aromatic rings. The Morgan fingerprint density at radius 1 is 1.32 bits per heavy atom. The number of aromatic nitrogens is 2. The van der Waals surface area contributed by atoms with Gasteiger partial charge in [-0.05, 0) is 25.0 Å². The molecular weight excluding hydrogens is 257 g/mol. The molecule has 0 aromatic carbocycles. The summed E-state index contributed by atoms with van der Waals surface area (Å²) in [4.78, 5) is 15.9. The Labute approximate surface area is 107 Å². The second-order valence-corrected chi connectivity index (χ2v) is 4.33. The van der Waals surface area contributed by atoms with E-state index >= 15 is 0 Å². The van der Waals surface area contributed by atoms with Crippen LogP contribution in [0.25, 0.3) is 5.65 Å². The molecule has 0 saturated heterocycles. The van der Waals surface area contributed by atoms with Gasteiger partial charge in [0, 0.05) is 18.0 Å². The van der Waals surface area contributed by atoms with Gasteiger partial charge in [0.25, 0.3) is 5.56 Å². The van der Waals surface area contributed by atoms with E-state index in [1.54, 1.807) is 0 Å². The van der Waals surface area contributed by atoms with Crippen LogP contribution in [0.15, 0.2) is 29.2 Å². The molecule has 3 nitrogen and oxygen atoms in total. The van der Waals surface area contributed by atoms with Crippen LogP contribution in [0.4, 0.5) is 13.2 Å². The second kappa shape index (κ2) is 5.03. The predicted molar refractivity (Wildman–Crippen MR) is 65.1 cm³/mol. The Bertz CT molecular complexity index is 646. The van der Waals surface area contributed by atoms with E-state index in [0.29, 0.717) is 12.1 Å². The lowest BCUT2D eigenvalue weighted by Gasteiger charge is -2.08. The molecule has 0 atom stereocenters. The third-order valence-corrected chi connectivity index (χ3v) is 2.83. The Kier molecular flexibility index (Phi) is 3.59. The molecule has 0 radical (unpaired) electrons. The van der Waals surface area contributed by atoms with Gasteiger partial charge in [0.2, 0.25) is 0 Å². The van der Waals surface area contributed by atoms with E-state index in [1.165, 1.54) is 6.07 Å². The smallest absolute Gasteiger partial charge is 0.269 e. The van der Waals surface area contributed by atoms with Gasteiger partial charge in [0.1, 0.15) is 5.65 Å². The van der Waals surface area contributed by atoms with Crippen LogP contribution >= 0.6 is 0 Å². The minimum atomic E-state index is -4.43. The molecule has 0 aliphatic carbocycles. The van der Waals surface area contributed by atoms with E-state index in [4.69, 9.17) is 0 Å². The van der Waals surface area contributed by atoms with E-state index < -0.39 is 11.7 Å². The van der Waals surface area contributed by atoms with E-state index in [1.807, 2.05) is 6.92 Å². The van der Waals surface area contributed by atoms with Gasteiger partial charge in [-0.1, -0.05) is 13.3 Å². The highest BCUT2D eigenvalue weighted by atomic mass is 19.4. The van der Waals surface area contributed by atoms with Crippen LogP contribution in [0.2, 0.25) is 0 Å². The van der Waals surface area contributed by atoms with Crippen molar-refractivity contribution in [1.29, 1.82) is 0 Å². The Morgan fingerprint density at radius 3 is 2.68 bits per heavy atom. The van der Waals surface area contributed by atoms with Gasteiger partial charge in [-0.15, -0.1) is 0 Å². The number of aryl methyl sites for hydroxylation is 1. The zero-order valence-corrected chi connectivity index (χ0v) is 10.4. The first kappa shape index (κ1) is 13.6. The maximum atomic E-state index is 12.6. The molecule has 2 heterocycles. The average molecular weight is 270 g/mol. The summed E-state index contributed by atoms with van der Waals surface area (Å²) in [5.74, 6) is 0. The summed E-state index contributed by atoms with van der Waals surface area (Å²) in [5, 5.41) is 0. The molecule has 0 fully saturated rings. The van der Waals surface area contributed by atoms with Gasteiger partial charge in [0.05, 0.1) is 5.56 Å². The minimum Gasteiger partial charge on any atom is -0.269 e. The first-order chi connectivity index (χ1) is 8.91. The van der Waals surface area contributed by atoms with Crippen LogP contribution in [0, 0.1) is 0 Å². The SMILES string of the molecule is CCCCc1cc(=O)n2ccc(C(F)(F)F)cc2n1. The van der Waals surface area contributed by atoms with Crippen molar-refractivity contribution in [2.75, 3.05) is 0 Å². The average Bonchev–Trinajstić information content (AvgIpc) is 2.34. The van der Waals surface area contributed by atoms with Crippen molar-refractivity contribution in [2.24, 2.45) is 0 Å². The number of hydrogen-bond acceptors (Lipinski definition) is 2. The molecule has 6 heteroatoms. The molecule has 0 aliphatic heterocycles. The standard InChI is InChI=1S/C13H13F3N2O/c1-2-3-4-10-8-12(19)18-6-5-9(13(14,15)16)7-11(18)17-10/h5-8H,2-4H2,1H3. The Morgan fingerprint density at radius 2 is 2.05 bits per heavy atom. The summed E-state index contributed by atoms with van der Waals surface area (Å²) in [6, 6.07) is 3.15. The van der Waals surface area contributed by atoms with Crippen LogP contribution < -0.4 is 5.56 Å². The van der Waals surface area contributed by atoms with E-state index in [9.17, 15) is 18.0 Å². The van der Waals surface area contributed by atoms with E-state index in [0.717, 1.165) is 35.6 Å². The number of alkyl halides is 3. The molecule has 0 N–H and O–H groups in total. The predicted octanol–water partition coefficient (Wildman–Crippen LogP) is 3.06. The van der Waals surface area contributed by atoms with Crippen LogP contribution in [0.1, 0.15) is 31.0 Å². The van der Waals surface area contributed by atoms with Gasteiger partial charge in [-0.2, -0.15) is 13.2 Å². The molecule has 19 heavy (non-hydrogen) atoms. The molecule has 0 bridgehead atoms. The van der Waals surface area contributed by atoms with Gasteiger partial charge < -0.3 is 0 Å². The van der Waals surface area contributed by atoms with Gasteiger partial charge in [-0.25, -0.2) is 4.98 Å². The van der Waals surface area contributed by atoms with Gasteiger partial charge in [0.15, 0.2) is 0 Å². The summed E-state index contributed by atoms with van der Waals surface area (Å²) in [6.45, 7) is 2.00. The number of nitrogens with zero attached hydrogens (tertiary/aromatic N) is 2. The van der Waals surface area contributed by atoms with Gasteiger partial charge in [-0.3, -0.25) is 9.20 Å². The summed E-state index contributed by atoms with van der Waals surface area (Å²) in [6.07, 6.45) is -0.945. The van der Waals surface area contributed by atoms with Crippen molar-refractivity contribution >= 4 is 5.65 Å². The quantitative estimate of drug-likeness (QED) is 0.859. The number of rotatable bonds is 3. The zero-order chi connectivity index (χ0) is 14.0. The molecule has 102 valence electrons. The maximum absolute atomic E-state index is 12.6. The fraction of sp³-hybridized carbons (Fsp3) is 0.385. The lowest BCUT2D eigenvalue weighted by atomic mass is 10.2. The fourth-order valence-electron chi connectivity index (χ4n) is 1.81. The highest BCUT2D eigenvalue weighted by Crippen LogP contribution is 2.29. The lowest BCUT2D eigenvalue weighted by molar-refractivity contribution is -0.137. The topological polar surface area (TPSA) is 34.4 Å². The molecule has 2 rings (SSSR count). The van der Waals surface area contributed by atoms with Crippen molar-refractivity contribution in [1.82, 2.24) is 9.38 Å². The Hall–Kier alpha value is -1.85. The van der Waals surface area contributed by atoms with Crippen LogP contribution in [0.3, 0.4) is 0 Å². The third kappa shape index (κ3) is 2.94. The number of halogens is 3. The van der Waals surface area contributed by atoms with Crippen molar-refractivity contribution in [3.05, 3.63) is 46.0 Å². The molecular formula is C13H13F3N2O. The molecule has 0 amide bonds. The number of pyridine rings is 1. The third-order valence-electron chi connectivity index (χ3n) is 2.83. The van der Waals surface area contributed by atoms with Gasteiger partial charge >= 0.3 is 6.18 Å². The normalized spacial score (nSPS) is 12.0. The highest BCUT2D eigenvalue weighted by Gasteiger charge is 2.30. The summed E-state index contributed by atoms with van der Waals surface area (Å²) < 4.78 is 38.9. The summed E-state index contributed by atoms with van der Waals surface area (Å²) >= 11 is 0. The molecule has 0 spiro atoms. The minimum absolute atomic E-state index is 0.0356. The molecule has 0 unspecified atom stereocenters. The molecule has 0 saturated carbocycles. The Balaban J connectivity index is 2.54. The largest absolute Gasteiger partial charge is 0.416 e. The van der Waals surface area contributed by atoms with Crippen LogP contribution in [-0.4, -0.2) is 9.38 Å². The monoisotopic (exact) mass is 270 g/mol. The second-order valence-electron chi connectivity index (χ2n) is 4.33. The summed E-state index contributed by atoms with van der Waals surface area (Å²) in [5.41, 5.74) is -0.587. The fourth-order valence-corrected chi connectivity index (χ4v) is 1.81. The van der Waals surface area contributed by atoms with Crippen molar-refractivity contribution in [3.8, 4) is 0 Å². The molecule has 2 aromatic heterocycles. The van der Waals surface area contributed by atoms with E-state index in [2.05, 4.69) is 4.98 Å². The summed E-state index contributed by atoms with van der Waals surface area (Å²) in [7, 11) is 0. The first-order valence-electron chi connectivity index (χ1n) is 6.01. The maximum Gasteiger partial charge on any atom is 0.416 e. The zero-order valence-electron chi connectivity index (χ0n) is 10.4. The van der Waals surface area contributed by atoms with Crippen molar-refractivity contribution < 1.29 is 13.2 Å². The van der Waals surface area contributed by atoms with Crippen molar-refractivity contribution in [3.63, 3.8) is 0 Å². The number of hydrogen-bond donors (Lipinski definition) is 0. The molecule has 0 aliphatic rings. The van der Waals surface area contributed by atoms with E-state index in [-0.39, 0.29) is 11.2 Å². The number of fused-ring (bicyclic) bond motifs is 1. The van der Waals surface area contributed by atoms with Crippen LogP contribution in [0.5, 0.6) is 0 Å². The first-order valence-corrected chi connectivity index (χ1v) is 6.01. The highest BCUT2D eigenvalue weighted by molar-refractivity contribution is 5.42. The van der Waals surface area contributed by atoms with Crippen molar-refractivity contribution in [2.45, 2.75) is 32.4 Å². The lowest BCUT2D eigenvalue weighted by Crippen LogP contribution is -2.17. The van der Waals surface area contributed by atoms with Crippen LogP contribution in [-0.2, 0) is 12.6 Å². The number of unbranched alkanes of at least 4 members (excludes halogenated alkanes) is 1.